The molecule has 0 amide bonds. The average molecular weight is 195 g/mol. The molecule has 1 rings (SSSR count). The summed E-state index contributed by atoms with van der Waals surface area (Å²) in [5.74, 6) is 0. The Bertz CT molecular complexity index is 204. The van der Waals surface area contributed by atoms with Crippen LogP contribution in [0, 0.1) is 6.57 Å². The van der Waals surface area contributed by atoms with Crippen molar-refractivity contribution in [3.8, 4) is 0 Å². The largest absolute Gasteiger partial charge is 0.316 e. The van der Waals surface area contributed by atoms with E-state index in [0.717, 1.165) is 32.7 Å². The summed E-state index contributed by atoms with van der Waals surface area (Å²) in [6.07, 6.45) is 0. The minimum atomic E-state index is 0.298. The number of nitrogens with zero attached hydrogens (tertiary/aromatic N) is 3. The standard InChI is InChI=1S/C11H21N3/c1-11(2,3)14-9-7-13(8-10-14)6-5-12-4/h5-10H2,1-3H3. The normalized spacial score (nSPS) is 20.7. The molecular formula is C11H21N3. The maximum Gasteiger partial charge on any atom is 0.227 e. The third-order valence-electron chi connectivity index (χ3n) is 2.85. The van der Waals surface area contributed by atoms with Crippen LogP contribution in [0.1, 0.15) is 20.8 Å². The first-order valence-corrected chi connectivity index (χ1v) is 5.34. The van der Waals surface area contributed by atoms with Crippen LogP contribution < -0.4 is 0 Å². The molecule has 1 saturated heterocycles. The van der Waals surface area contributed by atoms with Crippen LogP contribution in [0.3, 0.4) is 0 Å². The summed E-state index contributed by atoms with van der Waals surface area (Å²) >= 11 is 0. The van der Waals surface area contributed by atoms with E-state index in [0.29, 0.717) is 12.1 Å². The van der Waals surface area contributed by atoms with Gasteiger partial charge in [0.1, 0.15) is 0 Å². The van der Waals surface area contributed by atoms with Crippen molar-refractivity contribution in [3.05, 3.63) is 11.4 Å². The summed E-state index contributed by atoms with van der Waals surface area (Å²) in [5, 5.41) is 0. The van der Waals surface area contributed by atoms with Gasteiger partial charge in [0.05, 0.1) is 6.54 Å². The Kier molecular flexibility index (Phi) is 3.91. The van der Waals surface area contributed by atoms with Gasteiger partial charge in [-0.15, -0.1) is 0 Å². The van der Waals surface area contributed by atoms with E-state index in [9.17, 15) is 0 Å². The molecule has 80 valence electrons. The van der Waals surface area contributed by atoms with Gasteiger partial charge in [0.2, 0.25) is 6.54 Å². The minimum absolute atomic E-state index is 0.298. The molecule has 0 radical (unpaired) electrons. The van der Waals surface area contributed by atoms with E-state index in [1.54, 1.807) is 0 Å². The summed E-state index contributed by atoms with van der Waals surface area (Å²) in [5.41, 5.74) is 0.298. The van der Waals surface area contributed by atoms with Crippen molar-refractivity contribution in [2.45, 2.75) is 26.3 Å². The second-order valence-electron chi connectivity index (χ2n) is 4.88. The topological polar surface area (TPSA) is 10.8 Å². The zero-order valence-electron chi connectivity index (χ0n) is 9.58. The molecule has 1 fully saturated rings. The van der Waals surface area contributed by atoms with E-state index in [2.05, 4.69) is 35.4 Å². The van der Waals surface area contributed by atoms with Gasteiger partial charge in [-0.2, -0.15) is 0 Å². The molecule has 14 heavy (non-hydrogen) atoms. The van der Waals surface area contributed by atoms with Gasteiger partial charge < -0.3 is 4.85 Å². The summed E-state index contributed by atoms with van der Waals surface area (Å²) in [7, 11) is 0. The Morgan fingerprint density at radius 1 is 1.14 bits per heavy atom. The van der Waals surface area contributed by atoms with E-state index >= 15 is 0 Å². The highest BCUT2D eigenvalue weighted by Crippen LogP contribution is 2.15. The van der Waals surface area contributed by atoms with Crippen LogP contribution in [0.2, 0.25) is 0 Å². The molecule has 0 aromatic carbocycles. The van der Waals surface area contributed by atoms with Crippen LogP contribution in [0.25, 0.3) is 4.85 Å². The van der Waals surface area contributed by atoms with Gasteiger partial charge in [-0.05, 0) is 20.8 Å². The number of rotatable bonds is 2. The highest BCUT2D eigenvalue weighted by molar-refractivity contribution is 4.82. The van der Waals surface area contributed by atoms with E-state index < -0.39 is 0 Å². The summed E-state index contributed by atoms with van der Waals surface area (Å²) < 4.78 is 0. The van der Waals surface area contributed by atoms with Gasteiger partial charge in [-0.1, -0.05) is 0 Å². The molecule has 0 unspecified atom stereocenters. The Hall–Kier alpha value is -0.590. The molecular weight excluding hydrogens is 174 g/mol. The molecule has 0 aromatic heterocycles. The first-order chi connectivity index (χ1) is 6.54. The maximum absolute atomic E-state index is 6.75. The van der Waals surface area contributed by atoms with Crippen molar-refractivity contribution in [2.75, 3.05) is 39.3 Å². The van der Waals surface area contributed by atoms with Crippen LogP contribution in [0.15, 0.2) is 0 Å². The van der Waals surface area contributed by atoms with Crippen molar-refractivity contribution in [3.63, 3.8) is 0 Å². The van der Waals surface area contributed by atoms with Gasteiger partial charge in [0, 0.05) is 31.7 Å². The van der Waals surface area contributed by atoms with Gasteiger partial charge in [0.15, 0.2) is 0 Å². The van der Waals surface area contributed by atoms with Crippen molar-refractivity contribution in [1.29, 1.82) is 0 Å². The Labute approximate surface area is 87.5 Å². The minimum Gasteiger partial charge on any atom is -0.316 e. The highest BCUT2D eigenvalue weighted by Gasteiger charge is 2.25. The molecule has 0 N–H and O–H groups in total. The zero-order chi connectivity index (χ0) is 10.6. The highest BCUT2D eigenvalue weighted by atomic mass is 15.3. The molecule has 0 aromatic rings. The molecule has 0 atom stereocenters. The molecule has 1 aliphatic rings. The second-order valence-corrected chi connectivity index (χ2v) is 4.88. The Balaban J connectivity index is 2.29. The molecule has 1 heterocycles. The van der Waals surface area contributed by atoms with Crippen molar-refractivity contribution in [2.24, 2.45) is 0 Å². The fourth-order valence-corrected chi connectivity index (χ4v) is 1.83. The SMILES string of the molecule is [C-]#[N+]CCN1CCN(C(C)(C)C)CC1. The third-order valence-corrected chi connectivity index (χ3v) is 2.85. The molecule has 0 saturated carbocycles. The van der Waals surface area contributed by atoms with E-state index in [4.69, 9.17) is 6.57 Å². The lowest BCUT2D eigenvalue weighted by atomic mass is 10.1. The van der Waals surface area contributed by atoms with Gasteiger partial charge >= 0.3 is 0 Å². The van der Waals surface area contributed by atoms with E-state index in [-0.39, 0.29) is 0 Å². The van der Waals surface area contributed by atoms with Crippen molar-refractivity contribution >= 4 is 0 Å². The van der Waals surface area contributed by atoms with Crippen LogP contribution >= 0.6 is 0 Å². The fraction of sp³-hybridized carbons (Fsp3) is 0.909. The monoisotopic (exact) mass is 195 g/mol. The summed E-state index contributed by atoms with van der Waals surface area (Å²) in [6, 6.07) is 0. The lowest BCUT2D eigenvalue weighted by Crippen LogP contribution is -2.53. The molecule has 0 spiro atoms. The number of piperazine rings is 1. The first-order valence-electron chi connectivity index (χ1n) is 5.34. The van der Waals surface area contributed by atoms with Gasteiger partial charge in [-0.3, -0.25) is 9.80 Å². The first kappa shape index (κ1) is 11.5. The number of hydrogen-bond acceptors (Lipinski definition) is 2. The molecule has 0 bridgehead atoms. The fourth-order valence-electron chi connectivity index (χ4n) is 1.83. The van der Waals surface area contributed by atoms with Gasteiger partial charge in [0.25, 0.3) is 0 Å². The van der Waals surface area contributed by atoms with Crippen molar-refractivity contribution in [1.82, 2.24) is 9.80 Å². The van der Waals surface area contributed by atoms with Crippen LogP contribution in [0.4, 0.5) is 0 Å². The van der Waals surface area contributed by atoms with E-state index in [1.807, 2.05) is 0 Å². The zero-order valence-corrected chi connectivity index (χ0v) is 9.58. The lowest BCUT2D eigenvalue weighted by molar-refractivity contribution is 0.0645. The molecule has 3 heteroatoms. The van der Waals surface area contributed by atoms with Gasteiger partial charge in [-0.25, -0.2) is 6.57 Å². The smallest absolute Gasteiger partial charge is 0.227 e. The third kappa shape index (κ3) is 3.28. The molecule has 3 nitrogen and oxygen atoms in total. The lowest BCUT2D eigenvalue weighted by Gasteiger charge is -2.41. The Morgan fingerprint density at radius 3 is 2.14 bits per heavy atom. The summed E-state index contributed by atoms with van der Waals surface area (Å²) in [6.45, 7) is 19.7. The number of hydrogen-bond donors (Lipinski definition) is 0. The van der Waals surface area contributed by atoms with Crippen LogP contribution in [0.5, 0.6) is 0 Å². The predicted molar refractivity (Wildman–Crippen MR) is 59.2 cm³/mol. The Morgan fingerprint density at radius 2 is 1.71 bits per heavy atom. The molecule has 0 aliphatic carbocycles. The van der Waals surface area contributed by atoms with Crippen LogP contribution in [-0.2, 0) is 0 Å². The molecule has 1 aliphatic heterocycles. The van der Waals surface area contributed by atoms with E-state index in [1.165, 1.54) is 0 Å². The average Bonchev–Trinajstić information content (AvgIpc) is 2.14. The van der Waals surface area contributed by atoms with Crippen LogP contribution in [-0.4, -0.2) is 54.6 Å². The quantitative estimate of drug-likeness (QED) is 0.615. The second kappa shape index (κ2) is 4.77. The van der Waals surface area contributed by atoms with Crippen molar-refractivity contribution < 1.29 is 0 Å². The maximum atomic E-state index is 6.75. The predicted octanol–water partition coefficient (Wildman–Crippen LogP) is 1.32. The summed E-state index contributed by atoms with van der Waals surface area (Å²) in [4.78, 5) is 8.30.